The molecule has 0 radical (unpaired) electrons. The highest BCUT2D eigenvalue weighted by Crippen LogP contribution is 2.30. The van der Waals surface area contributed by atoms with Crippen LogP contribution in [0.5, 0.6) is 11.5 Å². The first-order chi connectivity index (χ1) is 14.2. The van der Waals surface area contributed by atoms with Crippen LogP contribution < -0.4 is 20.1 Å². The average Bonchev–Trinajstić information content (AvgIpc) is 2.74. The van der Waals surface area contributed by atoms with Gasteiger partial charge in [0.1, 0.15) is 11.5 Å². The van der Waals surface area contributed by atoms with E-state index in [0.717, 1.165) is 38.3 Å². The van der Waals surface area contributed by atoms with E-state index >= 15 is 0 Å². The molecule has 2 heterocycles. The van der Waals surface area contributed by atoms with Crippen LogP contribution >= 0.6 is 0 Å². The first-order valence-corrected chi connectivity index (χ1v) is 9.92. The maximum atomic E-state index is 12.4. The highest BCUT2D eigenvalue weighted by atomic mass is 16.5. The molecular formula is C22H25N3O4. The van der Waals surface area contributed by atoms with E-state index in [9.17, 15) is 9.59 Å². The Bertz CT molecular complexity index is 864. The third-order valence-corrected chi connectivity index (χ3v) is 5.20. The zero-order chi connectivity index (χ0) is 20.1. The number of benzene rings is 2. The van der Waals surface area contributed by atoms with Crippen molar-refractivity contribution in [2.24, 2.45) is 5.92 Å². The topological polar surface area (TPSA) is 79.9 Å². The van der Waals surface area contributed by atoms with Gasteiger partial charge in [0.15, 0.2) is 6.61 Å². The molecule has 0 aromatic heterocycles. The van der Waals surface area contributed by atoms with Crippen LogP contribution in [0.25, 0.3) is 0 Å². The molecule has 0 bridgehead atoms. The molecule has 2 amide bonds. The van der Waals surface area contributed by atoms with E-state index in [2.05, 4.69) is 15.5 Å². The number of carbonyl (C=O) groups excluding carboxylic acids is 2. The van der Waals surface area contributed by atoms with Crippen molar-refractivity contribution >= 4 is 23.2 Å². The van der Waals surface area contributed by atoms with Crippen molar-refractivity contribution in [3.8, 4) is 11.5 Å². The Morgan fingerprint density at radius 3 is 2.76 bits per heavy atom. The summed E-state index contributed by atoms with van der Waals surface area (Å²) in [4.78, 5) is 25.9. The van der Waals surface area contributed by atoms with E-state index in [1.165, 1.54) is 0 Å². The molecule has 7 nitrogen and oxygen atoms in total. The van der Waals surface area contributed by atoms with Crippen LogP contribution in [0, 0.1) is 5.92 Å². The number of ether oxygens (including phenoxy) is 2. The summed E-state index contributed by atoms with van der Waals surface area (Å²) in [5, 5.41) is 5.65. The molecule has 2 aromatic carbocycles. The summed E-state index contributed by atoms with van der Waals surface area (Å²) in [6.07, 6.45) is 2.04. The first kappa shape index (κ1) is 19.3. The molecule has 4 rings (SSSR count). The molecule has 0 aliphatic carbocycles. The molecule has 0 unspecified atom stereocenters. The number of fused-ring (bicyclic) bond motifs is 1. The second-order valence-electron chi connectivity index (χ2n) is 7.44. The lowest BCUT2D eigenvalue weighted by Crippen LogP contribution is -2.40. The highest BCUT2D eigenvalue weighted by Gasteiger charge is 2.22. The number of likely N-dealkylation sites (tertiary alicyclic amines) is 1. The Balaban J connectivity index is 1.20. The molecule has 2 aliphatic rings. The minimum Gasteiger partial charge on any atom is -0.493 e. The average molecular weight is 395 g/mol. The molecule has 152 valence electrons. The number of piperidine rings is 1. The molecule has 2 aromatic rings. The standard InChI is InChI=1S/C22H25N3O4/c26-21(23-17-6-7-19-20(12-17)29-15-22(27)24-19)13-25-10-8-16(9-11-25)14-28-18-4-2-1-3-5-18/h1-7,12,16H,8-11,13-15H2,(H,23,26)(H,24,27). The molecule has 0 spiro atoms. The SMILES string of the molecule is O=C(CN1CCC(COc2ccccc2)CC1)Nc1ccc2c(c1)OCC(=O)N2. The molecule has 2 N–H and O–H groups in total. The van der Waals surface area contributed by atoms with Gasteiger partial charge in [0, 0.05) is 11.8 Å². The monoisotopic (exact) mass is 395 g/mol. The zero-order valence-corrected chi connectivity index (χ0v) is 16.2. The zero-order valence-electron chi connectivity index (χ0n) is 16.2. The molecule has 1 fully saturated rings. The van der Waals surface area contributed by atoms with Crippen LogP contribution in [0.15, 0.2) is 48.5 Å². The fraction of sp³-hybridized carbons (Fsp3) is 0.364. The van der Waals surface area contributed by atoms with Gasteiger partial charge in [-0.05, 0) is 56.1 Å². The van der Waals surface area contributed by atoms with E-state index in [1.54, 1.807) is 18.2 Å². The fourth-order valence-electron chi connectivity index (χ4n) is 3.60. The van der Waals surface area contributed by atoms with E-state index < -0.39 is 0 Å². The van der Waals surface area contributed by atoms with Crippen molar-refractivity contribution in [2.45, 2.75) is 12.8 Å². The van der Waals surface area contributed by atoms with Crippen LogP contribution in [0.3, 0.4) is 0 Å². The summed E-state index contributed by atoms with van der Waals surface area (Å²) in [5.74, 6) is 1.77. The number of nitrogens with one attached hydrogen (secondary N) is 2. The maximum absolute atomic E-state index is 12.4. The van der Waals surface area contributed by atoms with Gasteiger partial charge in [-0.1, -0.05) is 18.2 Å². The van der Waals surface area contributed by atoms with Gasteiger partial charge in [0.2, 0.25) is 5.91 Å². The smallest absolute Gasteiger partial charge is 0.262 e. The Hall–Kier alpha value is -3.06. The molecule has 7 heteroatoms. The first-order valence-electron chi connectivity index (χ1n) is 9.92. The van der Waals surface area contributed by atoms with Crippen molar-refractivity contribution in [2.75, 3.05) is 43.5 Å². The maximum Gasteiger partial charge on any atom is 0.262 e. The summed E-state index contributed by atoms with van der Waals surface area (Å²) < 4.78 is 11.2. The Kier molecular flexibility index (Phi) is 5.95. The fourth-order valence-corrected chi connectivity index (χ4v) is 3.60. The predicted molar refractivity (Wildman–Crippen MR) is 110 cm³/mol. The van der Waals surface area contributed by atoms with Crippen molar-refractivity contribution in [3.05, 3.63) is 48.5 Å². The Labute approximate surface area is 170 Å². The molecule has 29 heavy (non-hydrogen) atoms. The summed E-state index contributed by atoms with van der Waals surface area (Å²) in [6.45, 7) is 2.84. The van der Waals surface area contributed by atoms with Crippen LogP contribution in [0.1, 0.15) is 12.8 Å². The number of amides is 2. The third kappa shape index (κ3) is 5.26. The minimum atomic E-state index is -0.174. The van der Waals surface area contributed by atoms with Crippen LogP contribution in [-0.2, 0) is 9.59 Å². The van der Waals surface area contributed by atoms with Crippen molar-refractivity contribution < 1.29 is 19.1 Å². The Morgan fingerprint density at radius 1 is 1.17 bits per heavy atom. The van der Waals surface area contributed by atoms with Gasteiger partial charge in [0.05, 0.1) is 18.8 Å². The quantitative estimate of drug-likeness (QED) is 0.786. The van der Waals surface area contributed by atoms with Crippen molar-refractivity contribution in [1.29, 1.82) is 0 Å². The van der Waals surface area contributed by atoms with Crippen molar-refractivity contribution in [3.63, 3.8) is 0 Å². The van der Waals surface area contributed by atoms with Gasteiger partial charge in [-0.25, -0.2) is 0 Å². The number of nitrogens with zero attached hydrogens (tertiary/aromatic N) is 1. The lowest BCUT2D eigenvalue weighted by molar-refractivity contribution is -0.119. The molecule has 1 saturated heterocycles. The predicted octanol–water partition coefficient (Wildman–Crippen LogP) is 2.75. The summed E-state index contributed by atoms with van der Waals surface area (Å²) in [7, 11) is 0. The molecule has 0 atom stereocenters. The van der Waals surface area contributed by atoms with Gasteiger partial charge in [-0.2, -0.15) is 0 Å². The van der Waals surface area contributed by atoms with E-state index in [1.807, 2.05) is 30.3 Å². The van der Waals surface area contributed by atoms with Gasteiger partial charge in [-0.15, -0.1) is 0 Å². The molecular weight excluding hydrogens is 370 g/mol. The summed E-state index contributed by atoms with van der Waals surface area (Å²) >= 11 is 0. The normalized spacial score (nSPS) is 17.0. The lowest BCUT2D eigenvalue weighted by atomic mass is 9.98. The van der Waals surface area contributed by atoms with Gasteiger partial charge in [0.25, 0.3) is 5.91 Å². The summed E-state index contributed by atoms with van der Waals surface area (Å²) in [5.41, 5.74) is 1.29. The second-order valence-corrected chi connectivity index (χ2v) is 7.44. The van der Waals surface area contributed by atoms with Crippen LogP contribution in [-0.4, -0.2) is 49.6 Å². The van der Waals surface area contributed by atoms with E-state index in [-0.39, 0.29) is 18.4 Å². The van der Waals surface area contributed by atoms with Gasteiger partial charge < -0.3 is 20.1 Å². The van der Waals surface area contributed by atoms with E-state index in [0.29, 0.717) is 29.6 Å². The number of carbonyl (C=O) groups is 2. The molecule has 0 saturated carbocycles. The number of hydrogen-bond acceptors (Lipinski definition) is 5. The number of rotatable bonds is 6. The molecule has 2 aliphatic heterocycles. The lowest BCUT2D eigenvalue weighted by Gasteiger charge is -2.31. The highest BCUT2D eigenvalue weighted by molar-refractivity contribution is 5.97. The van der Waals surface area contributed by atoms with Gasteiger partial charge >= 0.3 is 0 Å². The number of anilines is 2. The Morgan fingerprint density at radius 2 is 1.97 bits per heavy atom. The third-order valence-electron chi connectivity index (χ3n) is 5.20. The largest absolute Gasteiger partial charge is 0.493 e. The van der Waals surface area contributed by atoms with Crippen LogP contribution in [0.2, 0.25) is 0 Å². The number of hydrogen-bond donors (Lipinski definition) is 2. The second kappa shape index (κ2) is 8.96. The minimum absolute atomic E-state index is 0.00662. The summed E-state index contributed by atoms with van der Waals surface area (Å²) in [6, 6.07) is 15.1. The number of para-hydroxylation sites is 1. The van der Waals surface area contributed by atoms with Crippen molar-refractivity contribution in [1.82, 2.24) is 4.90 Å². The van der Waals surface area contributed by atoms with Gasteiger partial charge in [-0.3, -0.25) is 14.5 Å². The van der Waals surface area contributed by atoms with Crippen LogP contribution in [0.4, 0.5) is 11.4 Å². The van der Waals surface area contributed by atoms with E-state index in [4.69, 9.17) is 9.47 Å².